The third kappa shape index (κ3) is 4.69. The topological polar surface area (TPSA) is 109 Å². The van der Waals surface area contributed by atoms with Gasteiger partial charge in [-0.2, -0.15) is 5.26 Å². The first-order valence-electron chi connectivity index (χ1n) is 11.6. The SMILES string of the molecule is N#Cc1cc2c(cc1Oc1ccc(C(=O)NCC3Cc4ccccc4C3)cc1)OCCC2C(=O)O. The Balaban J connectivity index is 1.24. The summed E-state index contributed by atoms with van der Waals surface area (Å²) >= 11 is 0. The van der Waals surface area contributed by atoms with Crippen LogP contribution in [0.2, 0.25) is 0 Å². The molecule has 7 nitrogen and oxygen atoms in total. The van der Waals surface area contributed by atoms with Gasteiger partial charge in [0.1, 0.15) is 23.3 Å². The van der Waals surface area contributed by atoms with E-state index in [1.54, 1.807) is 30.3 Å². The van der Waals surface area contributed by atoms with E-state index >= 15 is 0 Å². The number of nitrogens with one attached hydrogen (secondary N) is 1. The zero-order chi connectivity index (χ0) is 24.4. The molecule has 5 rings (SSSR count). The molecule has 7 heteroatoms. The molecular formula is C28H24N2O5. The molecule has 0 spiro atoms. The fourth-order valence-corrected chi connectivity index (χ4v) is 4.78. The lowest BCUT2D eigenvalue weighted by Gasteiger charge is -2.24. The van der Waals surface area contributed by atoms with E-state index in [1.807, 2.05) is 12.1 Å². The van der Waals surface area contributed by atoms with Gasteiger partial charge in [-0.15, -0.1) is 0 Å². The van der Waals surface area contributed by atoms with Crippen molar-refractivity contribution < 1.29 is 24.2 Å². The molecule has 2 aliphatic rings. The molecule has 0 saturated carbocycles. The van der Waals surface area contributed by atoms with Crippen LogP contribution in [0.3, 0.4) is 0 Å². The van der Waals surface area contributed by atoms with E-state index in [0.717, 1.165) is 12.8 Å². The average molecular weight is 469 g/mol. The fourth-order valence-electron chi connectivity index (χ4n) is 4.78. The number of fused-ring (bicyclic) bond motifs is 2. The van der Waals surface area contributed by atoms with E-state index in [1.165, 1.54) is 17.2 Å². The fraction of sp³-hybridized carbons (Fsp3) is 0.250. The number of carbonyl (C=O) groups excluding carboxylic acids is 1. The smallest absolute Gasteiger partial charge is 0.311 e. The van der Waals surface area contributed by atoms with Crippen molar-refractivity contribution in [1.29, 1.82) is 5.26 Å². The van der Waals surface area contributed by atoms with Crippen LogP contribution in [0.4, 0.5) is 0 Å². The summed E-state index contributed by atoms with van der Waals surface area (Å²) in [4.78, 5) is 24.2. The number of rotatable bonds is 6. The summed E-state index contributed by atoms with van der Waals surface area (Å²) < 4.78 is 11.5. The van der Waals surface area contributed by atoms with Crippen molar-refractivity contribution in [2.24, 2.45) is 5.92 Å². The summed E-state index contributed by atoms with van der Waals surface area (Å²) in [5.41, 5.74) is 3.93. The average Bonchev–Trinajstić information content (AvgIpc) is 3.30. The number of hydrogen-bond donors (Lipinski definition) is 2. The maximum absolute atomic E-state index is 12.6. The summed E-state index contributed by atoms with van der Waals surface area (Å²) in [7, 11) is 0. The molecule has 0 bridgehead atoms. The zero-order valence-corrected chi connectivity index (χ0v) is 19.0. The van der Waals surface area contributed by atoms with Crippen LogP contribution in [0.25, 0.3) is 0 Å². The minimum absolute atomic E-state index is 0.146. The van der Waals surface area contributed by atoms with Crippen LogP contribution in [-0.2, 0) is 17.6 Å². The number of nitrogens with zero attached hydrogens (tertiary/aromatic N) is 1. The summed E-state index contributed by atoms with van der Waals surface area (Å²) in [5, 5.41) is 22.1. The number of amides is 1. The van der Waals surface area contributed by atoms with Crippen LogP contribution in [-0.4, -0.2) is 30.1 Å². The van der Waals surface area contributed by atoms with Gasteiger partial charge in [-0.25, -0.2) is 0 Å². The molecule has 1 heterocycles. The van der Waals surface area contributed by atoms with Crippen molar-refractivity contribution in [1.82, 2.24) is 5.32 Å². The van der Waals surface area contributed by atoms with Crippen molar-refractivity contribution in [3.05, 3.63) is 88.5 Å². The Labute approximate surface area is 202 Å². The van der Waals surface area contributed by atoms with E-state index in [0.29, 0.717) is 41.5 Å². The van der Waals surface area contributed by atoms with Gasteiger partial charge in [0.25, 0.3) is 5.91 Å². The third-order valence-electron chi connectivity index (χ3n) is 6.60. The Bertz CT molecular complexity index is 1300. The summed E-state index contributed by atoms with van der Waals surface area (Å²) in [6.07, 6.45) is 2.30. The first kappa shape index (κ1) is 22.5. The Kier molecular flexibility index (Phi) is 6.11. The molecule has 1 unspecified atom stereocenters. The molecule has 1 atom stereocenters. The van der Waals surface area contributed by atoms with E-state index in [9.17, 15) is 20.0 Å². The molecule has 0 fully saturated rings. The highest BCUT2D eigenvalue weighted by molar-refractivity contribution is 5.94. The quantitative estimate of drug-likeness (QED) is 0.553. The van der Waals surface area contributed by atoms with Gasteiger partial charge in [0.05, 0.1) is 18.1 Å². The Morgan fingerprint density at radius 3 is 2.46 bits per heavy atom. The van der Waals surface area contributed by atoms with Crippen LogP contribution in [0.1, 0.15) is 45.0 Å². The largest absolute Gasteiger partial charge is 0.493 e. The third-order valence-corrected chi connectivity index (χ3v) is 6.60. The molecule has 1 aliphatic heterocycles. The van der Waals surface area contributed by atoms with Gasteiger partial charge in [0, 0.05) is 23.7 Å². The number of benzene rings is 3. The number of carboxylic acid groups (broad SMARTS) is 1. The highest BCUT2D eigenvalue weighted by Gasteiger charge is 2.29. The van der Waals surface area contributed by atoms with Crippen LogP contribution in [0, 0.1) is 17.2 Å². The predicted molar refractivity (Wildman–Crippen MR) is 128 cm³/mol. The van der Waals surface area contributed by atoms with E-state index in [-0.39, 0.29) is 23.8 Å². The minimum atomic E-state index is -0.946. The second-order valence-corrected chi connectivity index (χ2v) is 8.91. The number of carbonyl (C=O) groups is 2. The van der Waals surface area contributed by atoms with Gasteiger partial charge in [0.2, 0.25) is 0 Å². The molecule has 0 radical (unpaired) electrons. The lowest BCUT2D eigenvalue weighted by atomic mass is 9.91. The Morgan fingerprint density at radius 1 is 1.09 bits per heavy atom. The Morgan fingerprint density at radius 2 is 1.80 bits per heavy atom. The second kappa shape index (κ2) is 9.51. The Hall–Kier alpha value is -4.31. The zero-order valence-electron chi connectivity index (χ0n) is 19.0. The summed E-state index contributed by atoms with van der Waals surface area (Å²) in [6, 6.07) is 20.2. The highest BCUT2D eigenvalue weighted by Crippen LogP contribution is 2.39. The van der Waals surface area contributed by atoms with Crippen LogP contribution in [0.15, 0.2) is 60.7 Å². The van der Waals surface area contributed by atoms with Gasteiger partial charge in [-0.3, -0.25) is 9.59 Å². The second-order valence-electron chi connectivity index (χ2n) is 8.91. The molecule has 1 aliphatic carbocycles. The van der Waals surface area contributed by atoms with Gasteiger partial charge in [0.15, 0.2) is 0 Å². The van der Waals surface area contributed by atoms with E-state index in [4.69, 9.17) is 9.47 Å². The maximum Gasteiger partial charge on any atom is 0.311 e. The molecular weight excluding hydrogens is 444 g/mol. The van der Waals surface area contributed by atoms with Crippen LogP contribution in [0.5, 0.6) is 17.2 Å². The molecule has 0 saturated heterocycles. The van der Waals surface area contributed by atoms with Crippen molar-refractivity contribution >= 4 is 11.9 Å². The molecule has 3 aromatic rings. The molecule has 2 N–H and O–H groups in total. The van der Waals surface area contributed by atoms with Crippen LogP contribution < -0.4 is 14.8 Å². The highest BCUT2D eigenvalue weighted by atomic mass is 16.5. The van der Waals surface area contributed by atoms with E-state index < -0.39 is 11.9 Å². The van der Waals surface area contributed by atoms with Gasteiger partial charge in [-0.05, 0) is 66.6 Å². The van der Waals surface area contributed by atoms with E-state index in [2.05, 4.69) is 23.5 Å². The summed E-state index contributed by atoms with van der Waals surface area (Å²) in [6.45, 7) is 0.899. The minimum Gasteiger partial charge on any atom is -0.493 e. The van der Waals surface area contributed by atoms with Gasteiger partial charge in [-0.1, -0.05) is 24.3 Å². The van der Waals surface area contributed by atoms with Crippen molar-refractivity contribution in [3.8, 4) is 23.3 Å². The van der Waals surface area contributed by atoms with Crippen molar-refractivity contribution in [2.75, 3.05) is 13.2 Å². The lowest BCUT2D eigenvalue weighted by molar-refractivity contribution is -0.139. The molecule has 1 amide bonds. The molecule has 0 aromatic heterocycles. The maximum atomic E-state index is 12.6. The molecule has 176 valence electrons. The van der Waals surface area contributed by atoms with Crippen molar-refractivity contribution in [3.63, 3.8) is 0 Å². The van der Waals surface area contributed by atoms with Gasteiger partial charge >= 0.3 is 5.97 Å². The number of hydrogen-bond acceptors (Lipinski definition) is 5. The van der Waals surface area contributed by atoms with Crippen molar-refractivity contribution in [2.45, 2.75) is 25.2 Å². The number of nitriles is 1. The number of carboxylic acids is 1. The van der Waals surface area contributed by atoms with Crippen LogP contribution >= 0.6 is 0 Å². The first-order valence-corrected chi connectivity index (χ1v) is 11.6. The predicted octanol–water partition coefficient (Wildman–Crippen LogP) is 4.45. The first-order chi connectivity index (χ1) is 17.0. The lowest BCUT2D eigenvalue weighted by Crippen LogP contribution is -2.29. The monoisotopic (exact) mass is 468 g/mol. The van der Waals surface area contributed by atoms with Gasteiger partial charge < -0.3 is 19.9 Å². The molecule has 35 heavy (non-hydrogen) atoms. The molecule has 3 aromatic carbocycles. The number of aliphatic carboxylic acids is 1. The normalized spacial score (nSPS) is 16.4. The summed E-state index contributed by atoms with van der Waals surface area (Å²) in [5.74, 6) is -0.273. The number of ether oxygens (including phenoxy) is 2. The standard InChI is InChI=1S/C28H24N2O5/c29-15-21-13-24-23(28(32)33)9-10-34-26(24)14-25(21)35-22-7-5-18(6-8-22)27(31)30-16-17-11-19-3-1-2-4-20(19)12-17/h1-8,13-14,17,23H,9-12,16H2,(H,30,31)(H,32,33).